The van der Waals surface area contributed by atoms with E-state index in [0.717, 1.165) is 6.54 Å². The number of anilines is 1. The molecule has 1 aromatic carbocycles. The molecule has 5 heteroatoms. The summed E-state index contributed by atoms with van der Waals surface area (Å²) >= 11 is 0. The van der Waals surface area contributed by atoms with Crippen LogP contribution in [0.5, 0.6) is 5.75 Å². The van der Waals surface area contributed by atoms with E-state index in [4.69, 9.17) is 10.5 Å². The zero-order chi connectivity index (χ0) is 12.8. The van der Waals surface area contributed by atoms with Gasteiger partial charge in [-0.05, 0) is 26.2 Å². The molecular weight excluding hydrogens is 218 g/mol. The smallest absolute Gasteiger partial charge is 0.253 e. The molecule has 1 amide bonds. The van der Waals surface area contributed by atoms with E-state index in [-0.39, 0.29) is 5.91 Å². The van der Waals surface area contributed by atoms with Gasteiger partial charge in [0.2, 0.25) is 0 Å². The minimum absolute atomic E-state index is 0.160. The molecular formula is C12H19N3O2. The Morgan fingerprint density at radius 2 is 2.18 bits per heavy atom. The van der Waals surface area contributed by atoms with Crippen LogP contribution in [0.1, 0.15) is 10.4 Å². The first kappa shape index (κ1) is 13.3. The molecule has 0 saturated carbocycles. The van der Waals surface area contributed by atoms with Gasteiger partial charge >= 0.3 is 0 Å². The Hall–Kier alpha value is -1.75. The summed E-state index contributed by atoms with van der Waals surface area (Å²) in [5, 5.41) is 2.81. The van der Waals surface area contributed by atoms with Gasteiger partial charge in [0.25, 0.3) is 5.91 Å². The van der Waals surface area contributed by atoms with Crippen LogP contribution in [0.3, 0.4) is 0 Å². The largest absolute Gasteiger partial charge is 0.497 e. The second kappa shape index (κ2) is 6.10. The van der Waals surface area contributed by atoms with Crippen LogP contribution >= 0.6 is 0 Å². The Morgan fingerprint density at radius 1 is 1.47 bits per heavy atom. The average Bonchev–Trinajstić information content (AvgIpc) is 2.28. The van der Waals surface area contributed by atoms with E-state index in [0.29, 0.717) is 23.5 Å². The van der Waals surface area contributed by atoms with Crippen molar-refractivity contribution < 1.29 is 9.53 Å². The highest BCUT2D eigenvalue weighted by molar-refractivity contribution is 5.99. The highest BCUT2D eigenvalue weighted by atomic mass is 16.5. The van der Waals surface area contributed by atoms with Crippen molar-refractivity contribution in [2.45, 2.75) is 0 Å². The molecule has 0 heterocycles. The molecule has 0 atom stereocenters. The number of carbonyl (C=O) groups excluding carboxylic acids is 1. The number of nitrogens with zero attached hydrogens (tertiary/aromatic N) is 1. The molecule has 0 aliphatic carbocycles. The van der Waals surface area contributed by atoms with Crippen LogP contribution in [0.2, 0.25) is 0 Å². The van der Waals surface area contributed by atoms with Crippen LogP contribution in [-0.2, 0) is 0 Å². The third-order valence-corrected chi connectivity index (χ3v) is 2.35. The first-order chi connectivity index (χ1) is 8.04. The molecule has 0 spiro atoms. The molecule has 0 aliphatic heterocycles. The number of carbonyl (C=O) groups is 1. The van der Waals surface area contributed by atoms with Gasteiger partial charge < -0.3 is 20.7 Å². The van der Waals surface area contributed by atoms with Crippen molar-refractivity contribution in [1.29, 1.82) is 0 Å². The van der Waals surface area contributed by atoms with Crippen molar-refractivity contribution in [3.8, 4) is 5.75 Å². The lowest BCUT2D eigenvalue weighted by Gasteiger charge is -2.11. The van der Waals surface area contributed by atoms with Gasteiger partial charge in [-0.2, -0.15) is 0 Å². The molecule has 0 fully saturated rings. The van der Waals surface area contributed by atoms with E-state index in [1.165, 1.54) is 0 Å². The monoisotopic (exact) mass is 237 g/mol. The van der Waals surface area contributed by atoms with Crippen LogP contribution in [0.15, 0.2) is 18.2 Å². The fourth-order valence-electron chi connectivity index (χ4n) is 1.36. The van der Waals surface area contributed by atoms with Crippen molar-refractivity contribution >= 4 is 11.6 Å². The minimum atomic E-state index is -0.160. The molecule has 0 bridgehead atoms. The van der Waals surface area contributed by atoms with Gasteiger partial charge in [0, 0.05) is 24.8 Å². The van der Waals surface area contributed by atoms with Gasteiger partial charge in [-0.3, -0.25) is 4.79 Å². The van der Waals surface area contributed by atoms with E-state index in [9.17, 15) is 4.79 Å². The van der Waals surface area contributed by atoms with Gasteiger partial charge in [-0.1, -0.05) is 0 Å². The summed E-state index contributed by atoms with van der Waals surface area (Å²) in [5.41, 5.74) is 6.68. The fourth-order valence-corrected chi connectivity index (χ4v) is 1.36. The van der Waals surface area contributed by atoms with Gasteiger partial charge in [0.05, 0.1) is 12.7 Å². The molecule has 0 aliphatic rings. The lowest BCUT2D eigenvalue weighted by molar-refractivity contribution is 0.0952. The maximum absolute atomic E-state index is 11.8. The summed E-state index contributed by atoms with van der Waals surface area (Å²) in [7, 11) is 5.47. The summed E-state index contributed by atoms with van der Waals surface area (Å²) in [5.74, 6) is 0.486. The van der Waals surface area contributed by atoms with Crippen molar-refractivity contribution in [3.05, 3.63) is 23.8 Å². The molecule has 0 aromatic heterocycles. The third kappa shape index (κ3) is 3.96. The molecule has 3 N–H and O–H groups in total. The number of nitrogen functional groups attached to an aromatic ring is 1. The predicted octanol–water partition coefficient (Wildman–Crippen LogP) is 0.569. The SMILES string of the molecule is COc1ccc(C(=O)NCCN(C)C)c(N)c1. The predicted molar refractivity (Wildman–Crippen MR) is 68.3 cm³/mol. The summed E-state index contributed by atoms with van der Waals surface area (Å²) in [6.07, 6.45) is 0. The Labute approximate surface area is 102 Å². The Kier molecular flexibility index (Phi) is 4.78. The zero-order valence-corrected chi connectivity index (χ0v) is 10.5. The van der Waals surface area contributed by atoms with Crippen LogP contribution < -0.4 is 15.8 Å². The second-order valence-electron chi connectivity index (χ2n) is 4.01. The first-order valence-corrected chi connectivity index (χ1v) is 5.41. The number of nitrogens with one attached hydrogen (secondary N) is 1. The topological polar surface area (TPSA) is 67.6 Å². The highest BCUT2D eigenvalue weighted by Gasteiger charge is 2.09. The van der Waals surface area contributed by atoms with E-state index in [2.05, 4.69) is 5.32 Å². The number of hydrogen-bond donors (Lipinski definition) is 2. The van der Waals surface area contributed by atoms with Crippen molar-refractivity contribution in [1.82, 2.24) is 10.2 Å². The molecule has 0 unspecified atom stereocenters. The van der Waals surface area contributed by atoms with Crippen molar-refractivity contribution in [2.75, 3.05) is 40.0 Å². The number of hydrogen-bond acceptors (Lipinski definition) is 4. The molecule has 0 radical (unpaired) electrons. The lowest BCUT2D eigenvalue weighted by Crippen LogP contribution is -2.31. The number of methoxy groups -OCH3 is 1. The zero-order valence-electron chi connectivity index (χ0n) is 10.5. The van der Waals surface area contributed by atoms with E-state index in [1.807, 2.05) is 19.0 Å². The van der Waals surface area contributed by atoms with Crippen molar-refractivity contribution in [3.63, 3.8) is 0 Å². The van der Waals surface area contributed by atoms with Gasteiger partial charge in [-0.25, -0.2) is 0 Å². The quantitative estimate of drug-likeness (QED) is 0.735. The Balaban J connectivity index is 2.63. The lowest BCUT2D eigenvalue weighted by atomic mass is 10.1. The number of nitrogens with two attached hydrogens (primary N) is 1. The number of ether oxygens (including phenoxy) is 1. The van der Waals surface area contributed by atoms with E-state index >= 15 is 0 Å². The van der Waals surface area contributed by atoms with Crippen molar-refractivity contribution in [2.24, 2.45) is 0 Å². The third-order valence-electron chi connectivity index (χ3n) is 2.35. The molecule has 94 valence electrons. The Morgan fingerprint density at radius 3 is 2.71 bits per heavy atom. The normalized spacial score (nSPS) is 10.4. The summed E-state index contributed by atoms with van der Waals surface area (Å²) < 4.78 is 5.02. The number of likely N-dealkylation sites (N-methyl/N-ethyl adjacent to an activating group) is 1. The maximum atomic E-state index is 11.8. The summed E-state index contributed by atoms with van der Waals surface area (Å²) in [6, 6.07) is 5.03. The number of amides is 1. The maximum Gasteiger partial charge on any atom is 0.253 e. The number of rotatable bonds is 5. The average molecular weight is 237 g/mol. The summed E-state index contributed by atoms with van der Waals surface area (Å²) in [4.78, 5) is 13.8. The minimum Gasteiger partial charge on any atom is -0.497 e. The molecule has 17 heavy (non-hydrogen) atoms. The van der Waals surface area contributed by atoms with Gasteiger partial charge in [0.15, 0.2) is 0 Å². The molecule has 1 aromatic rings. The van der Waals surface area contributed by atoms with Gasteiger partial charge in [-0.15, -0.1) is 0 Å². The van der Waals surface area contributed by atoms with Crippen LogP contribution in [0.4, 0.5) is 5.69 Å². The fraction of sp³-hybridized carbons (Fsp3) is 0.417. The van der Waals surface area contributed by atoms with E-state index < -0.39 is 0 Å². The van der Waals surface area contributed by atoms with E-state index in [1.54, 1.807) is 25.3 Å². The first-order valence-electron chi connectivity index (χ1n) is 5.41. The molecule has 0 saturated heterocycles. The second-order valence-corrected chi connectivity index (χ2v) is 4.01. The highest BCUT2D eigenvalue weighted by Crippen LogP contribution is 2.19. The summed E-state index contributed by atoms with van der Waals surface area (Å²) in [6.45, 7) is 1.39. The standard InChI is InChI=1S/C12H19N3O2/c1-15(2)7-6-14-12(16)10-5-4-9(17-3)8-11(10)13/h4-5,8H,6-7,13H2,1-3H3,(H,14,16). The van der Waals surface area contributed by atoms with Crippen LogP contribution in [0, 0.1) is 0 Å². The molecule has 5 nitrogen and oxygen atoms in total. The van der Waals surface area contributed by atoms with Crippen LogP contribution in [0.25, 0.3) is 0 Å². The molecule has 1 rings (SSSR count). The van der Waals surface area contributed by atoms with Gasteiger partial charge in [0.1, 0.15) is 5.75 Å². The Bertz CT molecular complexity index is 391. The van der Waals surface area contributed by atoms with Crippen LogP contribution in [-0.4, -0.2) is 45.1 Å². The number of benzene rings is 1.